The van der Waals surface area contributed by atoms with Crippen LogP contribution in [0.25, 0.3) is 5.70 Å². The van der Waals surface area contributed by atoms with Crippen molar-refractivity contribution in [1.29, 1.82) is 0 Å². The number of allylic oxidation sites excluding steroid dienone is 9. The fraction of sp³-hybridized carbons (Fsp3) is 0.485. The number of unbranched alkanes of at least 4 members (excludes halogenated alkanes) is 3. The first-order valence-corrected chi connectivity index (χ1v) is 16.6. The van der Waals surface area contributed by atoms with E-state index in [0.29, 0.717) is 12.2 Å². The Balaban J connectivity index is 1.91. The average molecular weight is 502 g/mol. The van der Waals surface area contributed by atoms with Crippen molar-refractivity contribution in [2.45, 2.75) is 78.6 Å². The molecule has 0 spiro atoms. The van der Waals surface area contributed by atoms with Gasteiger partial charge in [-0.1, -0.05) is 106 Å². The maximum atomic E-state index is 13.7. The predicted molar refractivity (Wildman–Crippen MR) is 158 cm³/mol. The maximum Gasteiger partial charge on any atom is 0.147 e. The molecule has 1 aromatic carbocycles. The third kappa shape index (κ3) is 6.20. The summed E-state index contributed by atoms with van der Waals surface area (Å²) in [5.41, 5.74) is 7.61. The van der Waals surface area contributed by atoms with Gasteiger partial charge in [0.2, 0.25) is 0 Å². The molecule has 4 rings (SSSR count). The van der Waals surface area contributed by atoms with Crippen LogP contribution >= 0.6 is 7.05 Å². The van der Waals surface area contributed by atoms with Gasteiger partial charge < -0.3 is 0 Å². The topological polar surface area (TPSA) is 29.4 Å². The Kier molecular flexibility index (Phi) is 9.60. The van der Waals surface area contributed by atoms with Crippen LogP contribution in [-0.4, -0.2) is 24.3 Å². The molecule has 0 N–H and O–H groups in total. The van der Waals surface area contributed by atoms with Crippen LogP contribution in [0, 0.1) is 5.92 Å². The van der Waals surface area contributed by atoms with Crippen molar-refractivity contribution in [2.75, 3.05) is 18.5 Å². The summed E-state index contributed by atoms with van der Waals surface area (Å²) in [4.78, 5) is 13.7. The van der Waals surface area contributed by atoms with Crippen molar-refractivity contribution >= 4 is 18.5 Å². The Morgan fingerprint density at radius 2 is 1.56 bits per heavy atom. The molecule has 0 aliphatic heterocycles. The molecule has 1 aromatic rings. The number of carbonyl (C=O) groups excluding carboxylic acids is 1. The highest BCUT2D eigenvalue weighted by Gasteiger charge is 2.35. The Morgan fingerprint density at radius 3 is 2.25 bits per heavy atom. The zero-order chi connectivity index (χ0) is 25.4. The van der Waals surface area contributed by atoms with Gasteiger partial charge in [-0.3, -0.25) is 9.54 Å². The van der Waals surface area contributed by atoms with E-state index >= 15 is 0 Å². The Morgan fingerprint density at radius 1 is 0.889 bits per heavy atom. The van der Waals surface area contributed by atoms with Gasteiger partial charge in [0.15, 0.2) is 0 Å². The molecule has 1 atom stereocenters. The molecule has 3 heteroatoms. The minimum atomic E-state index is -1.52. The van der Waals surface area contributed by atoms with Crippen LogP contribution in [0.4, 0.5) is 0 Å². The molecule has 0 saturated carbocycles. The lowest BCUT2D eigenvalue weighted by Crippen LogP contribution is -2.21. The fourth-order valence-corrected chi connectivity index (χ4v) is 10.2. The maximum absolute atomic E-state index is 13.7. The Labute approximate surface area is 219 Å². The molecule has 2 nitrogen and oxygen atoms in total. The molecule has 0 saturated heterocycles. The number of hydrogen-bond acceptors (Lipinski definition) is 2. The number of nitrogens with zero attached hydrogens (tertiary/aromatic N) is 1. The van der Waals surface area contributed by atoms with Crippen molar-refractivity contribution in [3.8, 4) is 0 Å². The predicted octanol–water partition coefficient (Wildman–Crippen LogP) is 9.51. The summed E-state index contributed by atoms with van der Waals surface area (Å²) < 4.78 is 5.90. The summed E-state index contributed by atoms with van der Waals surface area (Å²) in [6.07, 6.45) is 26.2. The number of carbonyl (C=O) groups is 1. The molecule has 0 heterocycles. The first kappa shape index (κ1) is 26.9. The van der Waals surface area contributed by atoms with Gasteiger partial charge in [-0.15, -0.1) is 0 Å². The largest absolute Gasteiger partial charge is 0.298 e. The van der Waals surface area contributed by atoms with Gasteiger partial charge in [-0.05, 0) is 74.4 Å². The van der Waals surface area contributed by atoms with E-state index in [9.17, 15) is 4.79 Å². The smallest absolute Gasteiger partial charge is 0.147 e. The van der Waals surface area contributed by atoms with Gasteiger partial charge in [-0.25, -0.2) is 0 Å². The van der Waals surface area contributed by atoms with Crippen LogP contribution in [0.1, 0.15) is 83.3 Å². The van der Waals surface area contributed by atoms with E-state index in [0.717, 1.165) is 12.8 Å². The number of rotatable bonds is 11. The highest BCUT2D eigenvalue weighted by Crippen LogP contribution is 2.56. The fourth-order valence-electron chi connectivity index (χ4n) is 5.87. The lowest BCUT2D eigenvalue weighted by Gasteiger charge is -2.27. The zero-order valence-electron chi connectivity index (χ0n) is 22.6. The second kappa shape index (κ2) is 12.9. The molecular weight excluding hydrogens is 457 g/mol. The van der Waals surface area contributed by atoms with Gasteiger partial charge in [0.1, 0.15) is 5.78 Å². The first-order valence-electron chi connectivity index (χ1n) is 14.3. The summed E-state index contributed by atoms with van der Waals surface area (Å²) in [7, 11) is -1.52. The monoisotopic (exact) mass is 501 g/mol. The highest BCUT2D eigenvalue weighted by atomic mass is 31.2. The van der Waals surface area contributed by atoms with E-state index in [2.05, 4.69) is 81.5 Å². The molecule has 1 unspecified atom stereocenters. The SMILES string of the molecule is CCCCP(CCCC)(CCCC)=NC1=C(C2C(=O)C/C=C\C3=CC=CC=C2C3)Cc2ccccc21. The van der Waals surface area contributed by atoms with Crippen molar-refractivity contribution in [2.24, 2.45) is 10.7 Å². The minimum absolute atomic E-state index is 0.169. The third-order valence-corrected chi connectivity index (χ3v) is 12.0. The number of benzene rings is 1. The minimum Gasteiger partial charge on any atom is -0.298 e. The molecule has 0 radical (unpaired) electrons. The van der Waals surface area contributed by atoms with E-state index in [4.69, 9.17) is 4.74 Å². The van der Waals surface area contributed by atoms with Gasteiger partial charge in [0.05, 0.1) is 11.6 Å². The van der Waals surface area contributed by atoms with Crippen LogP contribution in [-0.2, 0) is 11.2 Å². The quantitative estimate of drug-likeness (QED) is 0.278. The van der Waals surface area contributed by atoms with Gasteiger partial charge in [0.25, 0.3) is 0 Å². The summed E-state index contributed by atoms with van der Waals surface area (Å²) >= 11 is 0. The lowest BCUT2D eigenvalue weighted by atomic mass is 9.80. The number of Topliss-reactive ketones (excluding diaryl/α,β-unsaturated/α-hetero) is 1. The normalized spacial score (nSPS) is 20.3. The molecule has 2 bridgehead atoms. The van der Waals surface area contributed by atoms with Crippen molar-refractivity contribution < 1.29 is 4.79 Å². The van der Waals surface area contributed by atoms with Crippen LogP contribution < -0.4 is 0 Å². The molecule has 192 valence electrons. The first-order chi connectivity index (χ1) is 17.6. The van der Waals surface area contributed by atoms with E-state index in [1.165, 1.54) is 90.6 Å². The van der Waals surface area contributed by atoms with Crippen LogP contribution in [0.15, 0.2) is 82.2 Å². The van der Waals surface area contributed by atoms with Gasteiger partial charge in [-0.2, -0.15) is 0 Å². The van der Waals surface area contributed by atoms with E-state index in [1.807, 2.05) is 0 Å². The summed E-state index contributed by atoms with van der Waals surface area (Å²) in [6.45, 7) is 6.92. The molecular formula is C33H44NOP. The van der Waals surface area contributed by atoms with E-state index in [-0.39, 0.29) is 5.92 Å². The van der Waals surface area contributed by atoms with Crippen LogP contribution in [0.3, 0.4) is 0 Å². The molecule has 36 heavy (non-hydrogen) atoms. The van der Waals surface area contributed by atoms with Gasteiger partial charge in [0, 0.05) is 12.0 Å². The second-order valence-electron chi connectivity index (χ2n) is 10.7. The van der Waals surface area contributed by atoms with Gasteiger partial charge >= 0.3 is 0 Å². The molecule has 0 fully saturated rings. The van der Waals surface area contributed by atoms with Crippen LogP contribution in [0.5, 0.6) is 0 Å². The van der Waals surface area contributed by atoms with Crippen molar-refractivity contribution in [3.05, 3.63) is 88.6 Å². The van der Waals surface area contributed by atoms with E-state index < -0.39 is 7.05 Å². The average Bonchev–Trinajstić information content (AvgIpc) is 3.05. The number of fused-ring (bicyclic) bond motifs is 3. The molecule has 3 aliphatic rings. The lowest BCUT2D eigenvalue weighted by molar-refractivity contribution is -0.120. The Bertz CT molecular complexity index is 1130. The number of hydrogen-bond donors (Lipinski definition) is 0. The Hall–Kier alpha value is -2.18. The highest BCUT2D eigenvalue weighted by molar-refractivity contribution is 7.66. The molecule has 0 aromatic heterocycles. The second-order valence-corrected chi connectivity index (χ2v) is 14.4. The summed E-state index contributed by atoms with van der Waals surface area (Å²) in [5, 5.41) is 0. The summed E-state index contributed by atoms with van der Waals surface area (Å²) in [6, 6.07) is 8.81. The third-order valence-electron chi connectivity index (χ3n) is 7.89. The number of ketones is 1. The van der Waals surface area contributed by atoms with Crippen molar-refractivity contribution in [3.63, 3.8) is 0 Å². The van der Waals surface area contributed by atoms with E-state index in [1.54, 1.807) is 0 Å². The summed E-state index contributed by atoms with van der Waals surface area (Å²) in [5.74, 6) is 0.152. The molecule has 3 aliphatic carbocycles. The van der Waals surface area contributed by atoms with Crippen LogP contribution in [0.2, 0.25) is 0 Å². The zero-order valence-corrected chi connectivity index (χ0v) is 23.5. The standard InChI is InChI=1S/C33H44NOP/c1-4-7-21-36(22-8-5-2,23-9-6-3)34-33-29-19-13-12-17-27(29)25-30(33)32-28-18-11-10-15-26(24-28)16-14-20-31(32)35/h10-19,32H,4-9,20-25H2,1-3H3/b16-14-. The van der Waals surface area contributed by atoms with Crippen molar-refractivity contribution in [1.82, 2.24) is 0 Å². The molecule has 0 amide bonds.